The summed E-state index contributed by atoms with van der Waals surface area (Å²) >= 11 is 0. The zero-order valence-corrected chi connectivity index (χ0v) is 26.6. The van der Waals surface area contributed by atoms with E-state index in [1.807, 2.05) is 0 Å². The first kappa shape index (κ1) is 27.5. The Bertz CT molecular complexity index is 2780. The van der Waals surface area contributed by atoms with Crippen LogP contribution in [0.2, 0.25) is 0 Å². The number of benzene rings is 8. The molecular weight excluding hydrogens is 597 g/mol. The van der Waals surface area contributed by atoms with Crippen LogP contribution in [0.5, 0.6) is 0 Å². The Morgan fingerprint density at radius 3 is 1.84 bits per heavy atom. The SMILES string of the molecule is c1ccc(N(c2ccccc2)c2ccc3oc4cc(-c5ccc6c(c5)c5ccccc5n6-c5cccc6ccccc56)ccc4c3c2)cc1. The number of nitrogens with zero attached hydrogens (tertiary/aromatic N) is 2. The van der Waals surface area contributed by atoms with Crippen molar-refractivity contribution in [1.82, 2.24) is 4.57 Å². The molecule has 0 bridgehead atoms. The van der Waals surface area contributed by atoms with Gasteiger partial charge < -0.3 is 13.9 Å². The highest BCUT2D eigenvalue weighted by Crippen LogP contribution is 2.41. The smallest absolute Gasteiger partial charge is 0.136 e. The van der Waals surface area contributed by atoms with Gasteiger partial charge in [0.2, 0.25) is 0 Å². The average molecular weight is 627 g/mol. The van der Waals surface area contributed by atoms with E-state index in [2.05, 4.69) is 191 Å². The second kappa shape index (κ2) is 11.0. The number of hydrogen-bond donors (Lipinski definition) is 0. The van der Waals surface area contributed by atoms with Gasteiger partial charge in [0.1, 0.15) is 11.2 Å². The first-order valence-corrected chi connectivity index (χ1v) is 16.7. The van der Waals surface area contributed by atoms with E-state index in [-0.39, 0.29) is 0 Å². The van der Waals surface area contributed by atoms with E-state index in [1.165, 1.54) is 38.3 Å². The van der Waals surface area contributed by atoms with Gasteiger partial charge in [-0.15, -0.1) is 0 Å². The third-order valence-corrected chi connectivity index (χ3v) is 9.76. The lowest BCUT2D eigenvalue weighted by molar-refractivity contribution is 0.669. The molecule has 10 aromatic rings. The highest BCUT2D eigenvalue weighted by molar-refractivity contribution is 6.12. The molecule has 2 aromatic heterocycles. The second-order valence-corrected chi connectivity index (χ2v) is 12.6. The van der Waals surface area contributed by atoms with Crippen molar-refractivity contribution < 1.29 is 4.42 Å². The summed E-state index contributed by atoms with van der Waals surface area (Å²) in [5.41, 5.74) is 11.0. The molecule has 0 aliphatic rings. The van der Waals surface area contributed by atoms with Crippen LogP contribution in [0.4, 0.5) is 17.1 Å². The van der Waals surface area contributed by atoms with Crippen LogP contribution >= 0.6 is 0 Å². The van der Waals surface area contributed by atoms with Gasteiger partial charge in [0.25, 0.3) is 0 Å². The Hall–Kier alpha value is -6.58. The second-order valence-electron chi connectivity index (χ2n) is 12.6. The number of rotatable bonds is 5. The third-order valence-electron chi connectivity index (χ3n) is 9.76. The van der Waals surface area contributed by atoms with Crippen molar-refractivity contribution in [2.45, 2.75) is 0 Å². The molecule has 0 aliphatic carbocycles. The Labute approximate surface area is 283 Å². The van der Waals surface area contributed by atoms with Gasteiger partial charge >= 0.3 is 0 Å². The van der Waals surface area contributed by atoms with Crippen LogP contribution in [-0.2, 0) is 0 Å². The van der Waals surface area contributed by atoms with E-state index in [0.29, 0.717) is 0 Å². The van der Waals surface area contributed by atoms with Crippen LogP contribution in [0.15, 0.2) is 186 Å². The first-order chi connectivity index (χ1) is 24.3. The van der Waals surface area contributed by atoms with Gasteiger partial charge in [-0.05, 0) is 95.4 Å². The Balaban J connectivity index is 1.10. The molecule has 0 N–H and O–H groups in total. The lowest BCUT2D eigenvalue weighted by Gasteiger charge is -2.25. The molecular formula is C46H30N2O. The number of aromatic nitrogens is 1. The summed E-state index contributed by atoms with van der Waals surface area (Å²) in [6.45, 7) is 0. The fraction of sp³-hybridized carbons (Fsp3) is 0. The predicted octanol–water partition coefficient (Wildman–Crippen LogP) is 13.0. The predicted molar refractivity (Wildman–Crippen MR) is 206 cm³/mol. The summed E-state index contributed by atoms with van der Waals surface area (Å²) in [7, 11) is 0. The molecule has 49 heavy (non-hydrogen) atoms. The molecule has 8 aromatic carbocycles. The molecule has 3 heteroatoms. The lowest BCUT2D eigenvalue weighted by atomic mass is 10.0. The Morgan fingerprint density at radius 2 is 1.02 bits per heavy atom. The van der Waals surface area contributed by atoms with E-state index in [9.17, 15) is 0 Å². The number of anilines is 3. The fourth-order valence-corrected chi connectivity index (χ4v) is 7.50. The van der Waals surface area contributed by atoms with Crippen molar-refractivity contribution >= 4 is 71.6 Å². The summed E-state index contributed by atoms with van der Waals surface area (Å²) in [5, 5.41) is 7.16. The molecule has 0 unspecified atom stereocenters. The van der Waals surface area contributed by atoms with E-state index in [1.54, 1.807) is 0 Å². The third kappa shape index (κ3) is 4.44. The Kier molecular flexibility index (Phi) is 6.18. The summed E-state index contributed by atoms with van der Waals surface area (Å²) < 4.78 is 8.91. The molecule has 0 radical (unpaired) electrons. The standard InChI is InChI=1S/C46H30N2O/c1-3-14-34(15-4-1)47(35-16-5-2-6-17-35)36-24-27-45-41(30-36)39-25-22-33(29-46(39)49-45)32-23-26-44-40(28-32)38-19-9-10-20-43(38)48(44)42-21-11-13-31-12-7-8-18-37(31)42/h1-30H. The summed E-state index contributed by atoms with van der Waals surface area (Å²) in [4.78, 5) is 2.29. The number of furan rings is 1. The van der Waals surface area contributed by atoms with Crippen LogP contribution in [0.1, 0.15) is 0 Å². The van der Waals surface area contributed by atoms with Gasteiger partial charge in [0.15, 0.2) is 0 Å². The lowest BCUT2D eigenvalue weighted by Crippen LogP contribution is -2.09. The minimum atomic E-state index is 0.880. The van der Waals surface area contributed by atoms with E-state index < -0.39 is 0 Å². The normalized spacial score (nSPS) is 11.7. The number of para-hydroxylation sites is 3. The maximum Gasteiger partial charge on any atom is 0.136 e. The molecule has 0 amide bonds. The summed E-state index contributed by atoms with van der Waals surface area (Å²) in [6.07, 6.45) is 0. The molecule has 0 fully saturated rings. The quantitative estimate of drug-likeness (QED) is 0.190. The maximum absolute atomic E-state index is 6.50. The van der Waals surface area contributed by atoms with Gasteiger partial charge in [-0.25, -0.2) is 0 Å². The van der Waals surface area contributed by atoms with Crippen LogP contribution in [0.3, 0.4) is 0 Å². The first-order valence-electron chi connectivity index (χ1n) is 16.7. The highest BCUT2D eigenvalue weighted by atomic mass is 16.3. The summed E-state index contributed by atoms with van der Waals surface area (Å²) in [6, 6.07) is 64.9. The van der Waals surface area contributed by atoms with Crippen LogP contribution in [0, 0.1) is 0 Å². The maximum atomic E-state index is 6.50. The molecule has 0 saturated heterocycles. The average Bonchev–Trinajstić information content (AvgIpc) is 3.70. The van der Waals surface area contributed by atoms with Crippen LogP contribution in [0.25, 0.3) is 71.3 Å². The zero-order valence-electron chi connectivity index (χ0n) is 26.6. The highest BCUT2D eigenvalue weighted by Gasteiger charge is 2.17. The van der Waals surface area contributed by atoms with Crippen molar-refractivity contribution in [2.75, 3.05) is 4.90 Å². The van der Waals surface area contributed by atoms with Crippen molar-refractivity contribution in [3.8, 4) is 16.8 Å². The molecule has 0 spiro atoms. The van der Waals surface area contributed by atoms with Crippen molar-refractivity contribution in [1.29, 1.82) is 0 Å². The van der Waals surface area contributed by atoms with E-state index in [4.69, 9.17) is 4.42 Å². The molecule has 0 saturated carbocycles. The van der Waals surface area contributed by atoms with Gasteiger partial charge in [0, 0.05) is 44.0 Å². The molecule has 230 valence electrons. The van der Waals surface area contributed by atoms with Crippen LogP contribution < -0.4 is 4.90 Å². The monoisotopic (exact) mass is 626 g/mol. The van der Waals surface area contributed by atoms with Crippen molar-refractivity contribution in [2.24, 2.45) is 0 Å². The van der Waals surface area contributed by atoms with Gasteiger partial charge in [-0.3, -0.25) is 0 Å². The van der Waals surface area contributed by atoms with Crippen molar-refractivity contribution in [3.05, 3.63) is 182 Å². The minimum absolute atomic E-state index is 0.880. The molecule has 0 aliphatic heterocycles. The van der Waals surface area contributed by atoms with Gasteiger partial charge in [0.05, 0.1) is 16.7 Å². The largest absolute Gasteiger partial charge is 0.456 e. The number of hydrogen-bond acceptors (Lipinski definition) is 2. The Morgan fingerprint density at radius 1 is 0.367 bits per heavy atom. The van der Waals surface area contributed by atoms with E-state index >= 15 is 0 Å². The van der Waals surface area contributed by atoms with Crippen molar-refractivity contribution in [3.63, 3.8) is 0 Å². The molecule has 0 atom stereocenters. The summed E-state index contributed by atoms with van der Waals surface area (Å²) in [5.74, 6) is 0. The van der Waals surface area contributed by atoms with Gasteiger partial charge in [-0.1, -0.05) is 103 Å². The number of fused-ring (bicyclic) bond motifs is 7. The molecule has 10 rings (SSSR count). The fourth-order valence-electron chi connectivity index (χ4n) is 7.50. The molecule has 3 nitrogen and oxygen atoms in total. The topological polar surface area (TPSA) is 21.3 Å². The van der Waals surface area contributed by atoms with E-state index in [0.717, 1.165) is 50.1 Å². The zero-order chi connectivity index (χ0) is 32.3. The van der Waals surface area contributed by atoms with Gasteiger partial charge in [-0.2, -0.15) is 0 Å². The minimum Gasteiger partial charge on any atom is -0.456 e. The molecule has 2 heterocycles. The van der Waals surface area contributed by atoms with Crippen LogP contribution in [-0.4, -0.2) is 4.57 Å².